The van der Waals surface area contributed by atoms with Gasteiger partial charge in [0.25, 0.3) is 5.91 Å². The van der Waals surface area contributed by atoms with Gasteiger partial charge in [0.1, 0.15) is 18.8 Å². The molecule has 2 N–H and O–H groups in total. The van der Waals surface area contributed by atoms with Crippen molar-refractivity contribution in [2.45, 2.75) is 39.7 Å². The molecular weight excluding hydrogens is 452 g/mol. The summed E-state index contributed by atoms with van der Waals surface area (Å²) in [4.78, 5) is 29.8. The number of ketones is 1. The lowest BCUT2D eigenvalue weighted by molar-refractivity contribution is 0.0950. The van der Waals surface area contributed by atoms with Crippen LogP contribution in [0, 0.1) is 6.92 Å². The van der Waals surface area contributed by atoms with Crippen LogP contribution in [-0.2, 0) is 12.0 Å². The summed E-state index contributed by atoms with van der Waals surface area (Å²) in [5, 5.41) is 20.7. The van der Waals surface area contributed by atoms with Crippen molar-refractivity contribution in [2.75, 3.05) is 34.4 Å². The highest BCUT2D eigenvalue weighted by molar-refractivity contribution is 5.97. The third kappa shape index (κ3) is 5.19. The smallest absolute Gasteiger partial charge is 0.271 e. The van der Waals surface area contributed by atoms with E-state index in [-0.39, 0.29) is 42.6 Å². The number of aryl methyl sites for hydroxylation is 1. The van der Waals surface area contributed by atoms with Gasteiger partial charge >= 0.3 is 0 Å². The summed E-state index contributed by atoms with van der Waals surface area (Å²) in [6.45, 7) is 7.63. The molecule has 0 aliphatic heterocycles. The number of nitrogens with zero attached hydrogens (tertiary/aromatic N) is 5. The van der Waals surface area contributed by atoms with E-state index in [0.717, 1.165) is 5.56 Å². The van der Waals surface area contributed by atoms with E-state index in [1.807, 2.05) is 27.7 Å². The highest BCUT2D eigenvalue weighted by Crippen LogP contribution is 2.39. The van der Waals surface area contributed by atoms with E-state index in [1.54, 1.807) is 32.4 Å². The van der Waals surface area contributed by atoms with E-state index in [0.29, 0.717) is 33.9 Å². The Bertz CT molecular complexity index is 1330. The summed E-state index contributed by atoms with van der Waals surface area (Å²) < 4.78 is 14.2. The number of hydrogen-bond donors (Lipinski definition) is 2. The summed E-state index contributed by atoms with van der Waals surface area (Å²) >= 11 is 0. The Morgan fingerprint density at radius 3 is 2.49 bits per heavy atom. The van der Waals surface area contributed by atoms with E-state index in [4.69, 9.17) is 9.47 Å². The fourth-order valence-corrected chi connectivity index (χ4v) is 3.73. The van der Waals surface area contributed by atoms with Crippen molar-refractivity contribution in [3.05, 3.63) is 46.2 Å². The highest BCUT2D eigenvalue weighted by atomic mass is 16.5. The minimum Gasteiger partial charge on any atom is -0.493 e. The number of aliphatic hydroxyl groups is 1. The average molecular weight is 485 g/mol. The number of nitrogens with one attached hydrogen (secondary N) is 1. The molecule has 2 heterocycles. The fraction of sp³-hybridized carbons (Fsp3) is 0.458. The van der Waals surface area contributed by atoms with Crippen LogP contribution in [0.2, 0.25) is 0 Å². The van der Waals surface area contributed by atoms with Crippen LogP contribution >= 0.6 is 0 Å². The van der Waals surface area contributed by atoms with Crippen LogP contribution in [0.25, 0.3) is 5.65 Å². The van der Waals surface area contributed by atoms with E-state index < -0.39 is 0 Å². The molecule has 0 spiro atoms. The lowest BCUT2D eigenvalue weighted by atomic mass is 9.84. The fourth-order valence-electron chi connectivity index (χ4n) is 3.73. The van der Waals surface area contributed by atoms with E-state index >= 15 is 0 Å². The van der Waals surface area contributed by atoms with Crippen molar-refractivity contribution in [1.29, 1.82) is 0 Å². The van der Waals surface area contributed by atoms with Gasteiger partial charge in [-0.3, -0.25) is 14.6 Å². The number of fused-ring (bicyclic) bond motifs is 1. The quantitative estimate of drug-likeness (QED) is 0.461. The standard InChI is InChI=1S/C24H32N6O5/c1-14-10-17(22(33)25-5)27-30-21(14)28-29(23(30)26-6)13-18(32)15-11-16(24(2,3)4)20(34-7)19(12-15)35-9-8-31/h10-12,31H,8-9,13H2,1-7H3,(H,25,33)/b26-23+. The zero-order valence-corrected chi connectivity index (χ0v) is 21.2. The zero-order valence-electron chi connectivity index (χ0n) is 21.2. The molecule has 2 aromatic heterocycles. The van der Waals surface area contributed by atoms with Crippen molar-refractivity contribution < 1.29 is 24.2 Å². The number of methoxy groups -OCH3 is 1. The van der Waals surface area contributed by atoms with E-state index in [2.05, 4.69) is 20.5 Å². The Hall–Kier alpha value is -3.73. The first-order chi connectivity index (χ1) is 16.5. The van der Waals surface area contributed by atoms with Gasteiger partial charge in [0, 0.05) is 25.2 Å². The van der Waals surface area contributed by atoms with Gasteiger partial charge in [-0.25, -0.2) is 4.68 Å². The molecule has 0 saturated carbocycles. The molecule has 0 aliphatic rings. The number of carbonyl (C=O) groups is 2. The molecule has 0 saturated heterocycles. The molecule has 0 bridgehead atoms. The zero-order chi connectivity index (χ0) is 25.9. The summed E-state index contributed by atoms with van der Waals surface area (Å²) in [6.07, 6.45) is 0. The van der Waals surface area contributed by atoms with Crippen LogP contribution in [0.4, 0.5) is 0 Å². The third-order valence-electron chi connectivity index (χ3n) is 5.44. The molecule has 188 valence electrons. The predicted octanol–water partition coefficient (Wildman–Crippen LogP) is 1.29. The molecule has 3 aromatic rings. The number of aromatic nitrogens is 4. The van der Waals surface area contributed by atoms with Crippen molar-refractivity contribution in [3.8, 4) is 11.5 Å². The van der Waals surface area contributed by atoms with Gasteiger partial charge in [0.15, 0.2) is 22.9 Å². The first kappa shape index (κ1) is 25.9. The van der Waals surface area contributed by atoms with Gasteiger partial charge < -0.3 is 19.9 Å². The van der Waals surface area contributed by atoms with Gasteiger partial charge in [-0.1, -0.05) is 20.8 Å². The van der Waals surface area contributed by atoms with Crippen molar-refractivity contribution in [1.82, 2.24) is 24.7 Å². The van der Waals surface area contributed by atoms with Crippen molar-refractivity contribution >= 4 is 17.3 Å². The maximum absolute atomic E-state index is 13.4. The molecule has 0 aliphatic carbocycles. The first-order valence-corrected chi connectivity index (χ1v) is 11.2. The molecule has 0 unspecified atom stereocenters. The van der Waals surface area contributed by atoms with Gasteiger partial charge in [-0.15, -0.1) is 5.10 Å². The van der Waals surface area contributed by atoms with Crippen molar-refractivity contribution in [2.24, 2.45) is 4.99 Å². The van der Waals surface area contributed by atoms with Crippen LogP contribution < -0.4 is 20.4 Å². The summed E-state index contributed by atoms with van der Waals surface area (Å²) in [5.74, 6) is 0.338. The van der Waals surface area contributed by atoms with Gasteiger partial charge in [-0.05, 0) is 36.1 Å². The SMILES string of the molecule is C/N=c1\n(CC(=O)c2cc(OCCO)c(OC)c(C(C)(C)C)c2)nc2c(C)cc(C(=O)NC)nn12. The van der Waals surface area contributed by atoms with Crippen molar-refractivity contribution in [3.63, 3.8) is 0 Å². The molecule has 0 radical (unpaired) electrons. The molecule has 35 heavy (non-hydrogen) atoms. The number of amides is 1. The normalized spacial score (nSPS) is 12.2. The molecule has 1 aromatic carbocycles. The largest absolute Gasteiger partial charge is 0.493 e. The van der Waals surface area contributed by atoms with Crippen LogP contribution in [0.3, 0.4) is 0 Å². The number of rotatable bonds is 8. The number of aliphatic hydroxyl groups excluding tert-OH is 1. The second-order valence-electron chi connectivity index (χ2n) is 9.01. The molecule has 3 rings (SSSR count). The van der Waals surface area contributed by atoms with Gasteiger partial charge in [-0.2, -0.15) is 9.61 Å². The number of carbonyl (C=O) groups excluding carboxylic acids is 2. The molecule has 1 amide bonds. The second-order valence-corrected chi connectivity index (χ2v) is 9.01. The molecule has 11 nitrogen and oxygen atoms in total. The topological polar surface area (TPSA) is 132 Å². The van der Waals surface area contributed by atoms with Crippen LogP contribution in [0.15, 0.2) is 23.2 Å². The highest BCUT2D eigenvalue weighted by Gasteiger charge is 2.25. The summed E-state index contributed by atoms with van der Waals surface area (Å²) in [5.41, 5.74) is 2.61. The van der Waals surface area contributed by atoms with Crippen LogP contribution in [0.5, 0.6) is 11.5 Å². The molecule has 0 atom stereocenters. The summed E-state index contributed by atoms with van der Waals surface area (Å²) in [6, 6.07) is 5.04. The third-order valence-corrected chi connectivity index (χ3v) is 5.44. The maximum Gasteiger partial charge on any atom is 0.271 e. The summed E-state index contributed by atoms with van der Waals surface area (Å²) in [7, 11) is 4.64. The average Bonchev–Trinajstić information content (AvgIpc) is 3.18. The maximum atomic E-state index is 13.4. The number of ether oxygens (including phenoxy) is 2. The van der Waals surface area contributed by atoms with Gasteiger partial charge in [0.2, 0.25) is 5.62 Å². The predicted molar refractivity (Wildman–Crippen MR) is 129 cm³/mol. The second kappa shape index (κ2) is 10.3. The number of benzene rings is 1. The van der Waals surface area contributed by atoms with Gasteiger partial charge in [0.05, 0.1) is 13.7 Å². The number of hydrogen-bond acceptors (Lipinski definition) is 8. The Morgan fingerprint density at radius 1 is 1.20 bits per heavy atom. The van der Waals surface area contributed by atoms with E-state index in [9.17, 15) is 14.7 Å². The number of Topliss-reactive ketones (excluding diaryl/α,β-unsaturated/α-hetero) is 1. The Kier molecular flexibility index (Phi) is 7.59. The molecular formula is C24H32N6O5. The minimum atomic E-state index is -0.337. The molecule has 11 heteroatoms. The lowest BCUT2D eigenvalue weighted by Gasteiger charge is -2.25. The lowest BCUT2D eigenvalue weighted by Crippen LogP contribution is -2.29. The molecule has 0 fully saturated rings. The first-order valence-electron chi connectivity index (χ1n) is 11.2. The Labute approximate surface area is 203 Å². The Morgan fingerprint density at radius 2 is 1.91 bits per heavy atom. The van der Waals surface area contributed by atoms with Crippen LogP contribution in [0.1, 0.15) is 52.7 Å². The monoisotopic (exact) mass is 484 g/mol. The Balaban J connectivity index is 2.10. The minimum absolute atomic E-state index is 0.0657. The van der Waals surface area contributed by atoms with Crippen LogP contribution in [-0.4, -0.2) is 70.6 Å². The van der Waals surface area contributed by atoms with E-state index in [1.165, 1.54) is 16.2 Å².